The first-order valence-electron chi connectivity index (χ1n) is 11.1. The van der Waals surface area contributed by atoms with Gasteiger partial charge in [0.25, 0.3) is 11.7 Å². The van der Waals surface area contributed by atoms with Crippen molar-refractivity contribution < 1.29 is 33.7 Å². The molecule has 3 aromatic carbocycles. The Morgan fingerprint density at radius 2 is 1.53 bits per heavy atom. The van der Waals surface area contributed by atoms with Crippen LogP contribution in [0.5, 0.6) is 17.2 Å². The summed E-state index contributed by atoms with van der Waals surface area (Å²) in [6, 6.07) is 17.4. The first-order valence-corrected chi connectivity index (χ1v) is 11.1. The van der Waals surface area contributed by atoms with Crippen LogP contribution in [-0.4, -0.2) is 37.0 Å². The second kappa shape index (κ2) is 9.95. The zero-order valence-corrected chi connectivity index (χ0v) is 20.3. The second-order valence-electron chi connectivity index (χ2n) is 8.23. The molecule has 1 amide bonds. The normalized spacial score (nSPS) is 16.7. The van der Waals surface area contributed by atoms with Crippen LogP contribution in [0.4, 0.5) is 5.69 Å². The monoisotopic (exact) mass is 487 g/mol. The van der Waals surface area contributed by atoms with E-state index in [0.717, 1.165) is 5.56 Å². The van der Waals surface area contributed by atoms with E-state index in [1.165, 1.54) is 26.0 Å². The Morgan fingerprint density at radius 3 is 2.11 bits per heavy atom. The highest BCUT2D eigenvalue weighted by atomic mass is 16.5. The Balaban J connectivity index is 1.93. The number of benzene rings is 3. The van der Waals surface area contributed by atoms with Gasteiger partial charge in [0.2, 0.25) is 0 Å². The minimum Gasteiger partial charge on any atom is -0.507 e. The van der Waals surface area contributed by atoms with Crippen LogP contribution in [0.1, 0.15) is 29.7 Å². The first-order chi connectivity index (χ1) is 17.2. The fraction of sp³-hybridized carbons (Fsp3) is 0.179. The maximum absolute atomic E-state index is 13.4. The number of ketones is 1. The maximum atomic E-state index is 13.4. The predicted molar refractivity (Wildman–Crippen MR) is 133 cm³/mol. The van der Waals surface area contributed by atoms with E-state index in [2.05, 4.69) is 0 Å². The van der Waals surface area contributed by atoms with E-state index in [-0.39, 0.29) is 11.3 Å². The van der Waals surface area contributed by atoms with Crippen molar-refractivity contribution in [3.05, 3.63) is 89.0 Å². The molecule has 1 fully saturated rings. The van der Waals surface area contributed by atoms with Gasteiger partial charge in [-0.05, 0) is 61.0 Å². The maximum Gasteiger partial charge on any atom is 0.308 e. The minimum absolute atomic E-state index is 0.0834. The number of ether oxygens (including phenoxy) is 3. The number of aliphatic hydroxyl groups is 1. The molecule has 1 aliphatic heterocycles. The lowest BCUT2D eigenvalue weighted by Crippen LogP contribution is -2.29. The molecule has 1 N–H and O–H groups in total. The van der Waals surface area contributed by atoms with Crippen LogP contribution >= 0.6 is 0 Å². The van der Waals surface area contributed by atoms with E-state index in [9.17, 15) is 19.5 Å². The van der Waals surface area contributed by atoms with E-state index in [4.69, 9.17) is 14.2 Å². The van der Waals surface area contributed by atoms with Gasteiger partial charge in [-0.3, -0.25) is 19.3 Å². The van der Waals surface area contributed by atoms with Crippen LogP contribution in [0.25, 0.3) is 5.76 Å². The lowest BCUT2D eigenvalue weighted by molar-refractivity contribution is -0.132. The van der Waals surface area contributed by atoms with Crippen LogP contribution < -0.4 is 19.1 Å². The Bertz CT molecular complexity index is 1360. The molecule has 1 unspecified atom stereocenters. The topological polar surface area (TPSA) is 102 Å². The standard InChI is InChI=1S/C28H25NO7/c1-16-5-14-23(35-4)22(15-16)26(31)24-25(18-6-10-21(11-7-18)36-17(2)30)29(28(33)27(24)32)19-8-12-20(34-3)13-9-19/h5-15,25,31H,1-4H3/b26-24+. The molecule has 0 radical (unpaired) electrons. The average molecular weight is 488 g/mol. The van der Waals surface area contributed by atoms with E-state index in [1.54, 1.807) is 60.7 Å². The lowest BCUT2D eigenvalue weighted by Gasteiger charge is -2.26. The summed E-state index contributed by atoms with van der Waals surface area (Å²) in [6.45, 7) is 3.14. The summed E-state index contributed by atoms with van der Waals surface area (Å²) in [5, 5.41) is 11.4. The van der Waals surface area contributed by atoms with Crippen molar-refractivity contribution in [1.82, 2.24) is 0 Å². The zero-order chi connectivity index (χ0) is 26.0. The van der Waals surface area contributed by atoms with Crippen LogP contribution in [0.2, 0.25) is 0 Å². The molecule has 8 heteroatoms. The third-order valence-electron chi connectivity index (χ3n) is 5.86. The Labute approximate surface area is 208 Å². The summed E-state index contributed by atoms with van der Waals surface area (Å²) in [7, 11) is 2.99. The number of Topliss-reactive ketones (excluding diaryl/α,β-unsaturated/α-hetero) is 1. The summed E-state index contributed by atoms with van der Waals surface area (Å²) in [4.78, 5) is 39.4. The van der Waals surface area contributed by atoms with Crippen molar-refractivity contribution in [1.29, 1.82) is 0 Å². The molecule has 0 aromatic heterocycles. The Morgan fingerprint density at radius 1 is 0.889 bits per heavy atom. The number of nitrogens with zero attached hydrogens (tertiary/aromatic N) is 1. The number of aliphatic hydroxyl groups excluding tert-OH is 1. The Hall–Kier alpha value is -4.59. The number of carbonyl (C=O) groups is 3. The number of methoxy groups -OCH3 is 2. The predicted octanol–water partition coefficient (Wildman–Crippen LogP) is 4.56. The van der Waals surface area contributed by atoms with Gasteiger partial charge in [0, 0.05) is 12.6 Å². The highest BCUT2D eigenvalue weighted by Crippen LogP contribution is 2.44. The van der Waals surface area contributed by atoms with Gasteiger partial charge in [-0.1, -0.05) is 23.8 Å². The third kappa shape index (κ3) is 4.53. The molecule has 4 rings (SSSR count). The molecule has 36 heavy (non-hydrogen) atoms. The molecule has 1 saturated heterocycles. The largest absolute Gasteiger partial charge is 0.507 e. The van der Waals surface area contributed by atoms with Gasteiger partial charge in [0.15, 0.2) is 0 Å². The molecule has 0 bridgehead atoms. The zero-order valence-electron chi connectivity index (χ0n) is 20.3. The molecule has 184 valence electrons. The molecule has 0 saturated carbocycles. The molecule has 1 atom stereocenters. The van der Waals surface area contributed by atoms with Gasteiger partial charge in [-0.15, -0.1) is 0 Å². The number of amides is 1. The van der Waals surface area contributed by atoms with Gasteiger partial charge in [0.05, 0.1) is 31.4 Å². The average Bonchev–Trinajstić information content (AvgIpc) is 3.14. The van der Waals surface area contributed by atoms with Gasteiger partial charge < -0.3 is 19.3 Å². The van der Waals surface area contributed by atoms with Crippen LogP contribution in [0, 0.1) is 6.92 Å². The molecule has 0 spiro atoms. The van der Waals surface area contributed by atoms with E-state index in [0.29, 0.717) is 34.1 Å². The fourth-order valence-corrected chi connectivity index (χ4v) is 4.19. The Kier molecular flexibility index (Phi) is 6.78. The SMILES string of the molecule is COc1ccc(N2C(=O)C(=O)/C(=C(/O)c3cc(C)ccc3OC)C2c2ccc(OC(C)=O)cc2)cc1. The van der Waals surface area contributed by atoms with Crippen molar-refractivity contribution >= 4 is 29.1 Å². The summed E-state index contributed by atoms with van der Waals surface area (Å²) in [5.74, 6) is -1.19. The molecule has 3 aromatic rings. The lowest BCUT2D eigenvalue weighted by atomic mass is 9.94. The summed E-state index contributed by atoms with van der Waals surface area (Å²) < 4.78 is 15.7. The number of rotatable bonds is 6. The van der Waals surface area contributed by atoms with Gasteiger partial charge in [-0.25, -0.2) is 0 Å². The van der Waals surface area contributed by atoms with Gasteiger partial charge in [-0.2, -0.15) is 0 Å². The van der Waals surface area contributed by atoms with Crippen molar-refractivity contribution in [2.75, 3.05) is 19.1 Å². The van der Waals surface area contributed by atoms with Crippen LogP contribution in [0.3, 0.4) is 0 Å². The van der Waals surface area contributed by atoms with Gasteiger partial charge >= 0.3 is 5.97 Å². The second-order valence-corrected chi connectivity index (χ2v) is 8.23. The van der Waals surface area contributed by atoms with E-state index in [1.807, 2.05) is 13.0 Å². The van der Waals surface area contributed by atoms with Crippen molar-refractivity contribution in [3.63, 3.8) is 0 Å². The van der Waals surface area contributed by atoms with Crippen LogP contribution in [0.15, 0.2) is 72.3 Å². The summed E-state index contributed by atoms with van der Waals surface area (Å²) >= 11 is 0. The number of carbonyl (C=O) groups excluding carboxylic acids is 3. The summed E-state index contributed by atoms with van der Waals surface area (Å²) in [5.41, 5.74) is 2.03. The van der Waals surface area contributed by atoms with Crippen molar-refractivity contribution in [3.8, 4) is 17.2 Å². The van der Waals surface area contributed by atoms with E-state index >= 15 is 0 Å². The third-order valence-corrected chi connectivity index (χ3v) is 5.86. The molecule has 1 heterocycles. The number of aryl methyl sites for hydroxylation is 1. The highest BCUT2D eigenvalue weighted by molar-refractivity contribution is 6.51. The summed E-state index contributed by atoms with van der Waals surface area (Å²) in [6.07, 6.45) is 0. The molecule has 1 aliphatic rings. The molecular formula is C28H25NO7. The quantitative estimate of drug-likeness (QED) is 0.179. The molecule has 0 aliphatic carbocycles. The molecular weight excluding hydrogens is 462 g/mol. The number of anilines is 1. The number of hydrogen-bond donors (Lipinski definition) is 1. The highest BCUT2D eigenvalue weighted by Gasteiger charge is 2.47. The van der Waals surface area contributed by atoms with E-state index < -0.39 is 23.7 Å². The fourth-order valence-electron chi connectivity index (χ4n) is 4.19. The first kappa shape index (κ1) is 24.5. The van der Waals surface area contributed by atoms with Gasteiger partial charge in [0.1, 0.15) is 23.0 Å². The smallest absolute Gasteiger partial charge is 0.308 e. The molecule has 8 nitrogen and oxygen atoms in total. The van der Waals surface area contributed by atoms with Crippen molar-refractivity contribution in [2.45, 2.75) is 19.9 Å². The van der Waals surface area contributed by atoms with Crippen molar-refractivity contribution in [2.24, 2.45) is 0 Å². The van der Waals surface area contributed by atoms with Crippen LogP contribution in [-0.2, 0) is 14.4 Å². The number of esters is 1. The number of hydrogen-bond acceptors (Lipinski definition) is 7. The minimum atomic E-state index is -0.949.